The number of allylic oxidation sites excluding steroid dienone is 1. The van der Waals surface area contributed by atoms with Crippen LogP contribution in [0.25, 0.3) is 5.57 Å². The van der Waals surface area contributed by atoms with Crippen molar-refractivity contribution in [3.05, 3.63) is 76.2 Å². The molecule has 1 N–H and O–H groups in total. The summed E-state index contributed by atoms with van der Waals surface area (Å²) in [5.74, 6) is 1.82. The van der Waals surface area contributed by atoms with Crippen molar-refractivity contribution in [1.29, 1.82) is 0 Å². The van der Waals surface area contributed by atoms with Gasteiger partial charge >= 0.3 is 0 Å². The van der Waals surface area contributed by atoms with Crippen molar-refractivity contribution >= 4 is 46.1 Å². The van der Waals surface area contributed by atoms with Gasteiger partial charge in [-0.2, -0.15) is 0 Å². The Balaban J connectivity index is 1.47. The molecule has 0 unspecified atom stereocenters. The third-order valence-electron chi connectivity index (χ3n) is 4.83. The molecular formula is C23H20Cl2N4O2. The highest BCUT2D eigenvalue weighted by molar-refractivity contribution is 6.36. The van der Waals surface area contributed by atoms with Gasteiger partial charge in [0.2, 0.25) is 5.95 Å². The number of aromatic nitrogens is 2. The highest BCUT2D eigenvalue weighted by atomic mass is 35.5. The van der Waals surface area contributed by atoms with Crippen LogP contribution < -0.4 is 14.8 Å². The molecular weight excluding hydrogens is 435 g/mol. The van der Waals surface area contributed by atoms with Gasteiger partial charge in [0.15, 0.2) is 0 Å². The van der Waals surface area contributed by atoms with Crippen LogP contribution in [0.4, 0.5) is 11.6 Å². The summed E-state index contributed by atoms with van der Waals surface area (Å²) in [6, 6.07) is 12.9. The minimum Gasteiger partial charge on any atom is -0.497 e. The predicted molar refractivity (Wildman–Crippen MR) is 125 cm³/mol. The number of anilines is 2. The molecule has 1 aliphatic heterocycles. The van der Waals surface area contributed by atoms with E-state index >= 15 is 0 Å². The van der Waals surface area contributed by atoms with E-state index in [1.54, 1.807) is 26.5 Å². The molecule has 1 aromatic heterocycles. The summed E-state index contributed by atoms with van der Waals surface area (Å²) in [4.78, 5) is 13.5. The number of nitrogens with one attached hydrogen (secondary N) is 1. The maximum absolute atomic E-state index is 6.30. The summed E-state index contributed by atoms with van der Waals surface area (Å²) in [5.41, 5.74) is 4.44. The third-order valence-corrected chi connectivity index (χ3v) is 5.54. The minimum atomic E-state index is 0.469. The number of methoxy groups -OCH3 is 2. The Morgan fingerprint density at radius 2 is 1.71 bits per heavy atom. The fraction of sp³-hybridized carbons (Fsp3) is 0.174. The topological polar surface area (TPSA) is 68.6 Å². The second kappa shape index (κ2) is 9.37. The van der Waals surface area contributed by atoms with Gasteiger partial charge < -0.3 is 14.8 Å². The Morgan fingerprint density at radius 3 is 2.39 bits per heavy atom. The van der Waals surface area contributed by atoms with Gasteiger partial charge in [-0.1, -0.05) is 29.3 Å². The zero-order valence-corrected chi connectivity index (χ0v) is 18.5. The SMILES string of the molecule is COc1cc(Nc2nccc(C3=CN=C(Cc4c(Cl)cccc4Cl)C3)n2)cc(OC)c1. The third kappa shape index (κ3) is 4.98. The van der Waals surface area contributed by atoms with Gasteiger partial charge in [0.25, 0.3) is 0 Å². The molecule has 0 bridgehead atoms. The molecule has 0 radical (unpaired) electrons. The van der Waals surface area contributed by atoms with Gasteiger partial charge in [-0.3, -0.25) is 4.99 Å². The molecule has 0 saturated carbocycles. The van der Waals surface area contributed by atoms with Gasteiger partial charge in [-0.05, 0) is 23.8 Å². The largest absolute Gasteiger partial charge is 0.497 e. The Hall–Kier alpha value is -3.09. The van der Waals surface area contributed by atoms with Crippen molar-refractivity contribution in [2.24, 2.45) is 4.99 Å². The second-order valence-electron chi connectivity index (χ2n) is 6.90. The van der Waals surface area contributed by atoms with E-state index in [9.17, 15) is 0 Å². The molecule has 1 aliphatic rings. The van der Waals surface area contributed by atoms with E-state index in [4.69, 9.17) is 32.7 Å². The van der Waals surface area contributed by atoms with E-state index in [1.807, 2.05) is 42.6 Å². The number of halogens is 2. The maximum Gasteiger partial charge on any atom is 0.227 e. The van der Waals surface area contributed by atoms with Crippen LogP contribution >= 0.6 is 23.2 Å². The Kier molecular flexibility index (Phi) is 6.39. The van der Waals surface area contributed by atoms with Crippen molar-refractivity contribution in [2.45, 2.75) is 12.8 Å². The number of benzene rings is 2. The van der Waals surface area contributed by atoms with Crippen molar-refractivity contribution in [3.8, 4) is 11.5 Å². The summed E-state index contributed by atoms with van der Waals surface area (Å²) >= 11 is 12.6. The summed E-state index contributed by atoms with van der Waals surface area (Å²) < 4.78 is 10.6. The molecule has 0 atom stereocenters. The molecule has 0 amide bonds. The summed E-state index contributed by atoms with van der Waals surface area (Å²) in [5, 5.41) is 4.49. The highest BCUT2D eigenvalue weighted by Crippen LogP contribution is 2.30. The van der Waals surface area contributed by atoms with Gasteiger partial charge in [0.1, 0.15) is 11.5 Å². The van der Waals surface area contributed by atoms with E-state index in [1.165, 1.54) is 0 Å². The number of rotatable bonds is 7. The Morgan fingerprint density at radius 1 is 1.00 bits per heavy atom. The molecule has 0 spiro atoms. The molecule has 2 heterocycles. The molecule has 4 rings (SSSR count). The lowest BCUT2D eigenvalue weighted by molar-refractivity contribution is 0.395. The molecule has 6 nitrogen and oxygen atoms in total. The lowest BCUT2D eigenvalue weighted by Crippen LogP contribution is -2.04. The van der Waals surface area contributed by atoms with Crippen molar-refractivity contribution < 1.29 is 9.47 Å². The fourth-order valence-electron chi connectivity index (χ4n) is 3.26. The number of nitrogens with zero attached hydrogens (tertiary/aromatic N) is 3. The van der Waals surface area contributed by atoms with E-state index in [-0.39, 0.29) is 0 Å². The van der Waals surface area contributed by atoms with Crippen molar-refractivity contribution in [1.82, 2.24) is 9.97 Å². The molecule has 158 valence electrons. The molecule has 31 heavy (non-hydrogen) atoms. The van der Waals surface area contributed by atoms with Crippen LogP contribution in [0.5, 0.6) is 11.5 Å². The zero-order valence-electron chi connectivity index (χ0n) is 17.0. The summed E-state index contributed by atoms with van der Waals surface area (Å²) in [6.07, 6.45) is 4.82. The quantitative estimate of drug-likeness (QED) is 0.475. The first-order valence-electron chi connectivity index (χ1n) is 9.56. The zero-order chi connectivity index (χ0) is 21.8. The van der Waals surface area contributed by atoms with E-state index in [0.29, 0.717) is 40.3 Å². The lowest BCUT2D eigenvalue weighted by atomic mass is 10.0. The van der Waals surface area contributed by atoms with Crippen LogP contribution in [0.3, 0.4) is 0 Å². The average molecular weight is 455 g/mol. The first-order valence-corrected chi connectivity index (χ1v) is 10.3. The van der Waals surface area contributed by atoms with Crippen molar-refractivity contribution in [3.63, 3.8) is 0 Å². The van der Waals surface area contributed by atoms with E-state index in [2.05, 4.69) is 20.3 Å². The maximum atomic E-state index is 6.30. The highest BCUT2D eigenvalue weighted by Gasteiger charge is 2.17. The van der Waals surface area contributed by atoms with Gasteiger partial charge in [-0.25, -0.2) is 9.97 Å². The van der Waals surface area contributed by atoms with E-state index < -0.39 is 0 Å². The van der Waals surface area contributed by atoms with Gasteiger partial charge in [-0.15, -0.1) is 0 Å². The summed E-state index contributed by atoms with van der Waals surface area (Å²) in [7, 11) is 3.21. The van der Waals surface area contributed by atoms with Crippen LogP contribution in [0.1, 0.15) is 17.7 Å². The van der Waals surface area contributed by atoms with Crippen LogP contribution in [-0.4, -0.2) is 29.9 Å². The molecule has 2 aromatic carbocycles. The summed E-state index contributed by atoms with van der Waals surface area (Å²) in [6.45, 7) is 0. The average Bonchev–Trinajstić information content (AvgIpc) is 3.25. The molecule has 0 saturated heterocycles. The van der Waals surface area contributed by atoms with Crippen molar-refractivity contribution in [2.75, 3.05) is 19.5 Å². The normalized spacial score (nSPS) is 12.9. The fourth-order valence-corrected chi connectivity index (χ4v) is 3.79. The molecule has 0 aliphatic carbocycles. The van der Waals surface area contributed by atoms with Crippen LogP contribution in [0.15, 0.2) is 59.9 Å². The number of aliphatic imine (C=N–C) groups is 1. The number of hydrogen-bond acceptors (Lipinski definition) is 6. The Labute approximate surface area is 190 Å². The van der Waals surface area contributed by atoms with Crippen LogP contribution in [0, 0.1) is 0 Å². The van der Waals surface area contributed by atoms with Crippen LogP contribution in [0.2, 0.25) is 10.0 Å². The molecule has 3 aromatic rings. The van der Waals surface area contributed by atoms with Crippen LogP contribution in [-0.2, 0) is 6.42 Å². The predicted octanol–water partition coefficient (Wildman–Crippen LogP) is 5.97. The smallest absolute Gasteiger partial charge is 0.227 e. The van der Waals surface area contributed by atoms with E-state index in [0.717, 1.165) is 28.2 Å². The number of hydrogen-bond donors (Lipinski definition) is 1. The van der Waals surface area contributed by atoms with Gasteiger partial charge in [0, 0.05) is 70.5 Å². The Bertz CT molecular complexity index is 1140. The number of ether oxygens (including phenoxy) is 2. The monoisotopic (exact) mass is 454 g/mol. The standard InChI is InChI=1S/C23H20Cl2N4O2/c1-30-17-9-16(10-18(12-17)31-2)28-23-26-7-6-22(29-23)14-8-15(27-13-14)11-19-20(24)4-3-5-21(19)25/h3-7,9-10,12-13H,8,11H2,1-2H3,(H,26,28,29). The minimum absolute atomic E-state index is 0.469. The first-order chi connectivity index (χ1) is 15.1. The molecule has 8 heteroatoms. The lowest BCUT2D eigenvalue weighted by Gasteiger charge is -2.11. The second-order valence-corrected chi connectivity index (χ2v) is 7.71. The molecule has 0 fully saturated rings. The van der Waals surface area contributed by atoms with Gasteiger partial charge in [0.05, 0.1) is 19.9 Å². The first kappa shape index (κ1) is 21.2.